The van der Waals surface area contributed by atoms with Crippen LogP contribution < -0.4 is 0 Å². The Morgan fingerprint density at radius 2 is 0.473 bits per heavy atom. The van der Waals surface area contributed by atoms with Gasteiger partial charge in [-0.05, 0) is 121 Å². The van der Waals surface area contributed by atoms with E-state index in [4.69, 9.17) is 90.0 Å². The second-order valence-electron chi connectivity index (χ2n) is 29.9. The summed E-state index contributed by atoms with van der Waals surface area (Å²) in [5.41, 5.74) is -1.21. The lowest BCUT2D eigenvalue weighted by molar-refractivity contribution is -0.401. The number of aliphatic hydroxyl groups excluding tert-OH is 2. The first-order valence-corrected chi connectivity index (χ1v) is 41.5. The highest BCUT2D eigenvalue weighted by molar-refractivity contribution is 5.94. The van der Waals surface area contributed by atoms with Gasteiger partial charge in [-0.2, -0.15) is 0 Å². The van der Waals surface area contributed by atoms with Gasteiger partial charge in [0.25, 0.3) is 0 Å². The predicted molar refractivity (Wildman–Crippen MR) is 454 cm³/mol. The maximum Gasteiger partial charge on any atom is 0.338 e. The second kappa shape index (κ2) is 45.1. The fourth-order valence-corrected chi connectivity index (χ4v) is 14.7. The van der Waals surface area contributed by atoms with E-state index in [-0.39, 0.29) is 62.2 Å². The zero-order valence-corrected chi connectivity index (χ0v) is 69.9. The molecule has 131 heavy (non-hydrogen) atoms. The van der Waals surface area contributed by atoms with Gasteiger partial charge in [-0.3, -0.25) is 4.79 Å². The second-order valence-corrected chi connectivity index (χ2v) is 29.9. The van der Waals surface area contributed by atoms with E-state index in [2.05, 4.69) is 6.58 Å². The average Bonchev–Trinajstić information content (AvgIpc) is 0.748. The molecule has 0 amide bonds. The lowest BCUT2D eigenvalue weighted by Gasteiger charge is -2.51. The van der Waals surface area contributed by atoms with Gasteiger partial charge in [0.15, 0.2) is 86.2 Å². The van der Waals surface area contributed by atoms with Gasteiger partial charge in [-0.15, -0.1) is 6.58 Å². The summed E-state index contributed by atoms with van der Waals surface area (Å²) in [5.74, 6) is -12.5. The number of ether oxygens (including phenoxy) is 19. The molecule has 0 unspecified atom stereocenters. The van der Waals surface area contributed by atoms with Gasteiger partial charge >= 0.3 is 65.7 Å². The van der Waals surface area contributed by atoms with Gasteiger partial charge in [0, 0.05) is 6.92 Å². The van der Waals surface area contributed by atoms with Gasteiger partial charge < -0.3 is 100 Å². The third-order valence-electron chi connectivity index (χ3n) is 21.1. The highest BCUT2D eigenvalue weighted by Crippen LogP contribution is 2.42. The number of carbonyl (C=O) groups is 11. The summed E-state index contributed by atoms with van der Waals surface area (Å²) < 4.78 is 125. The van der Waals surface area contributed by atoms with E-state index in [1.165, 1.54) is 237 Å². The molecule has 0 saturated carbocycles. The van der Waals surface area contributed by atoms with E-state index >= 15 is 33.6 Å². The Morgan fingerprint density at radius 1 is 0.267 bits per heavy atom. The van der Waals surface area contributed by atoms with Crippen molar-refractivity contribution in [3.05, 3.63) is 372 Å². The van der Waals surface area contributed by atoms with Gasteiger partial charge in [0.05, 0.1) is 68.8 Å². The lowest BCUT2D eigenvalue weighted by atomic mass is 9.94. The number of hydrogen-bond donors (Lipinski definition) is 2. The van der Waals surface area contributed by atoms with Gasteiger partial charge in [-0.1, -0.05) is 188 Å². The van der Waals surface area contributed by atoms with Crippen LogP contribution in [0.1, 0.15) is 111 Å². The molecule has 676 valence electrons. The molecule has 32 nitrogen and oxygen atoms in total. The van der Waals surface area contributed by atoms with Crippen molar-refractivity contribution in [1.29, 1.82) is 0 Å². The zero-order valence-electron chi connectivity index (χ0n) is 69.9. The minimum absolute atomic E-state index is 0.0138. The van der Waals surface area contributed by atoms with E-state index in [9.17, 15) is 29.4 Å². The fourth-order valence-electron chi connectivity index (χ4n) is 14.7. The summed E-state index contributed by atoms with van der Waals surface area (Å²) in [6, 6.07) is 73.5. The first-order chi connectivity index (χ1) is 63.8. The third-order valence-corrected chi connectivity index (χ3v) is 21.1. The summed E-state index contributed by atoms with van der Waals surface area (Å²) >= 11 is 0. The lowest BCUT2D eigenvalue weighted by Crippen LogP contribution is -2.70. The van der Waals surface area contributed by atoms with Crippen LogP contribution in [0.25, 0.3) is 0 Å². The predicted octanol–water partition coefficient (Wildman–Crippen LogP) is 10.7. The van der Waals surface area contributed by atoms with Crippen LogP contribution in [-0.4, -0.2) is 232 Å². The molecule has 4 saturated heterocycles. The van der Waals surface area contributed by atoms with Gasteiger partial charge in [0.1, 0.15) is 56.4 Å². The molecule has 20 atom stereocenters. The number of carbonyl (C=O) groups excluding carboxylic acids is 11. The van der Waals surface area contributed by atoms with Crippen LogP contribution in [0.15, 0.2) is 316 Å². The van der Waals surface area contributed by atoms with Crippen molar-refractivity contribution in [2.45, 2.75) is 130 Å². The van der Waals surface area contributed by atoms with Crippen LogP contribution in [-0.2, 0) is 94.8 Å². The molecule has 2 N–H and O–H groups in total. The van der Waals surface area contributed by atoms with Gasteiger partial charge in [0.2, 0.25) is 0 Å². The van der Waals surface area contributed by atoms with Crippen LogP contribution in [0.2, 0.25) is 0 Å². The zero-order chi connectivity index (χ0) is 91.7. The summed E-state index contributed by atoms with van der Waals surface area (Å²) in [6.45, 7) is 0.361. The quantitative estimate of drug-likeness (QED) is 0.0215. The number of rotatable bonds is 34. The minimum atomic E-state index is -2.63. The van der Waals surface area contributed by atoms with Crippen molar-refractivity contribution in [1.82, 2.24) is 0 Å². The number of esters is 11. The molecule has 4 heterocycles. The summed E-state index contributed by atoms with van der Waals surface area (Å²) in [5, 5.41) is 23.8. The number of aliphatic hydroxyl groups is 2. The summed E-state index contributed by atoms with van der Waals surface area (Å²) in [6.07, 6.45) is -43.0. The van der Waals surface area contributed by atoms with Crippen LogP contribution >= 0.6 is 0 Å². The van der Waals surface area contributed by atoms with E-state index in [0.29, 0.717) is 0 Å². The Kier molecular flexibility index (Phi) is 32.0. The molecule has 0 spiro atoms. The largest absolute Gasteiger partial charge is 0.459 e. The Balaban J connectivity index is 1.03. The van der Waals surface area contributed by atoms with Crippen molar-refractivity contribution in [2.75, 3.05) is 33.0 Å². The van der Waals surface area contributed by atoms with Crippen LogP contribution in [0.4, 0.5) is 0 Å². The summed E-state index contributed by atoms with van der Waals surface area (Å²) in [4.78, 5) is 165. The third kappa shape index (κ3) is 23.8. The highest BCUT2D eigenvalue weighted by atomic mass is 16.8. The summed E-state index contributed by atoms with van der Waals surface area (Å²) in [7, 11) is 0. The molecule has 4 fully saturated rings. The van der Waals surface area contributed by atoms with Crippen LogP contribution in [0, 0.1) is 0 Å². The van der Waals surface area contributed by atoms with Crippen molar-refractivity contribution >= 4 is 65.7 Å². The first kappa shape index (κ1) is 92.9. The molecule has 0 aromatic heterocycles. The van der Waals surface area contributed by atoms with E-state index in [0.717, 1.165) is 6.92 Å². The van der Waals surface area contributed by atoms with Crippen molar-refractivity contribution in [3.8, 4) is 0 Å². The smallest absolute Gasteiger partial charge is 0.338 e. The maximum absolute atomic E-state index is 15.8. The normalized spacial score (nSPS) is 25.0. The Hall–Kier alpha value is -14.3. The Bertz CT molecular complexity index is 5500. The Labute approximate surface area is 749 Å². The van der Waals surface area contributed by atoms with Crippen molar-refractivity contribution < 1.29 is 153 Å². The molecule has 0 aliphatic carbocycles. The molecule has 4 aliphatic heterocycles. The molecule has 0 bridgehead atoms. The topological polar surface area (TPSA) is 404 Å². The Morgan fingerprint density at radius 3 is 0.718 bits per heavy atom. The minimum Gasteiger partial charge on any atom is -0.459 e. The molecular formula is C99H88O32. The molecule has 10 aromatic carbocycles. The number of benzene rings is 10. The number of hydrogen-bond acceptors (Lipinski definition) is 32. The van der Waals surface area contributed by atoms with Crippen LogP contribution in [0.3, 0.4) is 0 Å². The SMILES string of the molecule is C=CCO[C@H]1O[C@H](CO)[C@@H](O)[C@H](O[C@H]2O[C@H](COC(=O)c3ccccc3)[C@@H](OC(=O)c3ccccc3)[C@H](OC(=O)c3ccccc3)[C@@H]2O[C@H]2O[C@H](COC(=O)c3ccccc3)[C@@H](OC(=O)c3ccccc3)[C@H](OC(=O)c3ccccc3)[C@@H]2O[C@H]2O[C@H](COC(=O)c3ccccc3)[C@@H](OC(=O)c3ccccc3)[C@H](OC(=O)c3ccccc3)[C@@H]2OC(=O)c2ccccc2)[C@@H]1OC(C)=O. The van der Waals surface area contributed by atoms with E-state index in [1.54, 1.807) is 72.8 Å². The average molecular weight is 1790 g/mol. The van der Waals surface area contributed by atoms with Crippen molar-refractivity contribution in [2.24, 2.45) is 0 Å². The fraction of sp³-hybridized carbons (Fsp3) is 0.263. The molecule has 32 heteroatoms. The van der Waals surface area contributed by atoms with Crippen LogP contribution in [0.5, 0.6) is 0 Å². The first-order valence-electron chi connectivity index (χ1n) is 41.5. The van der Waals surface area contributed by atoms with Crippen molar-refractivity contribution in [3.63, 3.8) is 0 Å². The molecule has 4 aliphatic rings. The van der Waals surface area contributed by atoms with Gasteiger partial charge in [-0.25, -0.2) is 47.9 Å². The van der Waals surface area contributed by atoms with E-state index < -0.39 is 215 Å². The monoisotopic (exact) mass is 1790 g/mol. The highest BCUT2D eigenvalue weighted by Gasteiger charge is 2.63. The van der Waals surface area contributed by atoms with E-state index in [1.807, 2.05) is 0 Å². The maximum atomic E-state index is 15.8. The molecule has 0 radical (unpaired) electrons. The molecule has 14 rings (SSSR count). The molecular weight excluding hydrogens is 1700 g/mol. The standard InChI is InChI=1S/C99H88O32/c1-3-54-113-96-82(117-59(2)101)78(74(102)70(55-100)118-96)129-98-84(80(126-93(110)67-48-28-11-29-49-67)76(123-90(107)64-42-22-8-23-43-64)72(120-98)57-115-87(104)61-36-16-5-17-37-61)131-99-85(81(127-94(111)68-50-30-12-31-51-68)77(124-91(108)65-44-24-9-25-45-65)73(121-99)58-116-88(105)62-38-18-6-19-39-62)130-97-83(128-95(112)69-52-32-13-33-53-69)79(125-92(109)66-46-26-10-27-47-66)75(122-89(106)63-40-20-7-21-41-63)71(119-97)56-114-86(103)60-34-14-4-15-35-60/h3-53,70-85,96-100,102H,1,54-58H2,2H3/t70-,71-,72-,73-,74-,75-,76-,77-,78+,79+,80+,81+,82+,83+,84+,85+,96+,97-,98-,99-/m1/s1. The molecule has 10 aromatic rings.